The number of hydrogen-bond donors (Lipinski definition) is 3. The molecule has 3 aromatic heterocycles. The van der Waals surface area contributed by atoms with Crippen molar-refractivity contribution in [1.82, 2.24) is 35.1 Å². The summed E-state index contributed by atoms with van der Waals surface area (Å²) in [5, 5.41) is 9.72. The van der Waals surface area contributed by atoms with Crippen molar-refractivity contribution in [2.75, 3.05) is 43.4 Å². The maximum atomic E-state index is 12.4. The quantitative estimate of drug-likeness (QED) is 0.240. The minimum Gasteiger partial charge on any atom is -0.465 e. The van der Waals surface area contributed by atoms with Crippen LogP contribution in [-0.2, 0) is 16.1 Å². The number of aryl methyl sites for hydroxylation is 1. The summed E-state index contributed by atoms with van der Waals surface area (Å²) < 4.78 is 5.54. The van der Waals surface area contributed by atoms with Crippen LogP contribution in [0.5, 0.6) is 0 Å². The third-order valence-corrected chi connectivity index (χ3v) is 7.55. The van der Waals surface area contributed by atoms with E-state index in [1.54, 1.807) is 24.5 Å². The average molecular weight is 566 g/mol. The molecule has 216 valence electrons. The molecule has 0 atom stereocenters. The molecule has 4 aromatic rings. The Kier molecular flexibility index (Phi) is 8.57. The molecule has 5 heterocycles. The summed E-state index contributed by atoms with van der Waals surface area (Å²) in [6, 6.07) is 17.6. The molecule has 2 saturated heterocycles. The third-order valence-electron chi connectivity index (χ3n) is 7.55. The molecule has 0 spiro atoms. The fourth-order valence-electron chi connectivity index (χ4n) is 5.03. The molecule has 42 heavy (non-hydrogen) atoms. The summed E-state index contributed by atoms with van der Waals surface area (Å²) in [4.78, 5) is 37.2. The minimum absolute atomic E-state index is 0.0210. The minimum atomic E-state index is -0.0280. The summed E-state index contributed by atoms with van der Waals surface area (Å²) in [5.41, 5.74) is 3.74. The van der Waals surface area contributed by atoms with Crippen LogP contribution in [-0.4, -0.2) is 68.6 Å². The van der Waals surface area contributed by atoms with Gasteiger partial charge in [-0.25, -0.2) is 19.9 Å². The van der Waals surface area contributed by atoms with E-state index in [0.717, 1.165) is 56.9 Å². The lowest BCUT2D eigenvalue weighted by Crippen LogP contribution is -2.45. The van der Waals surface area contributed by atoms with E-state index >= 15 is 0 Å². The fraction of sp³-hybridized carbons (Fsp3) is 0.355. The number of nitrogens with zero attached hydrogens (tertiary/aromatic N) is 6. The molecule has 11 nitrogen and oxygen atoms in total. The van der Waals surface area contributed by atoms with Crippen LogP contribution >= 0.6 is 0 Å². The van der Waals surface area contributed by atoms with Crippen LogP contribution in [0.1, 0.15) is 24.1 Å². The maximum Gasteiger partial charge on any atom is 0.309 e. The molecule has 1 aromatic carbocycles. The molecule has 0 amide bonds. The molecule has 2 aliphatic rings. The van der Waals surface area contributed by atoms with Crippen molar-refractivity contribution < 1.29 is 9.53 Å². The SMILES string of the molecule is Cc1cccc(-c2nccc(Nc3ccnc(Nc4ccc(CN5CCC(C(=O)OCC6CNC6)CC5)cc4)n3)n2)n1. The number of carbonyl (C=O) groups is 1. The number of likely N-dealkylation sites (tertiary alicyclic amines) is 1. The summed E-state index contributed by atoms with van der Waals surface area (Å²) in [7, 11) is 0. The fourth-order valence-corrected chi connectivity index (χ4v) is 5.03. The van der Waals surface area contributed by atoms with Gasteiger partial charge in [-0.1, -0.05) is 18.2 Å². The third kappa shape index (κ3) is 7.23. The number of carbonyl (C=O) groups excluding carboxylic acids is 1. The van der Waals surface area contributed by atoms with Crippen LogP contribution in [0.2, 0.25) is 0 Å². The van der Waals surface area contributed by atoms with E-state index in [1.807, 2.05) is 37.3 Å². The zero-order valence-corrected chi connectivity index (χ0v) is 23.7. The Morgan fingerprint density at radius 3 is 2.43 bits per heavy atom. The average Bonchev–Trinajstić information content (AvgIpc) is 2.98. The second-order valence-electron chi connectivity index (χ2n) is 10.8. The number of piperidine rings is 1. The topological polar surface area (TPSA) is 130 Å². The van der Waals surface area contributed by atoms with E-state index in [-0.39, 0.29) is 11.9 Å². The van der Waals surface area contributed by atoms with Crippen molar-refractivity contribution in [3.05, 3.63) is 78.2 Å². The highest BCUT2D eigenvalue weighted by Crippen LogP contribution is 2.23. The monoisotopic (exact) mass is 565 g/mol. The van der Waals surface area contributed by atoms with Crippen LogP contribution < -0.4 is 16.0 Å². The lowest BCUT2D eigenvalue weighted by atomic mass is 9.96. The summed E-state index contributed by atoms with van der Waals surface area (Å²) in [6.07, 6.45) is 5.09. The first kappa shape index (κ1) is 27.7. The number of benzene rings is 1. The first-order valence-corrected chi connectivity index (χ1v) is 14.4. The number of nitrogens with one attached hydrogen (secondary N) is 3. The Morgan fingerprint density at radius 2 is 1.69 bits per heavy atom. The van der Waals surface area contributed by atoms with Crippen molar-refractivity contribution in [1.29, 1.82) is 0 Å². The van der Waals surface area contributed by atoms with Gasteiger partial charge in [0.05, 0.1) is 12.5 Å². The van der Waals surface area contributed by atoms with E-state index in [1.165, 1.54) is 5.56 Å². The Bertz CT molecular complexity index is 1500. The molecule has 11 heteroatoms. The molecule has 0 unspecified atom stereocenters. The molecule has 0 radical (unpaired) electrons. The van der Waals surface area contributed by atoms with Crippen LogP contribution in [0.3, 0.4) is 0 Å². The normalized spacial score (nSPS) is 16.0. The summed E-state index contributed by atoms with van der Waals surface area (Å²) >= 11 is 0. The zero-order chi connectivity index (χ0) is 28.7. The van der Waals surface area contributed by atoms with Crippen LogP contribution in [0.4, 0.5) is 23.3 Å². The predicted molar refractivity (Wildman–Crippen MR) is 160 cm³/mol. The van der Waals surface area contributed by atoms with Gasteiger partial charge in [-0.15, -0.1) is 0 Å². The Labute approximate surface area is 245 Å². The van der Waals surface area contributed by atoms with Gasteiger partial charge >= 0.3 is 5.97 Å². The second kappa shape index (κ2) is 13.0. The number of ether oxygens (including phenoxy) is 1. The summed E-state index contributed by atoms with van der Waals surface area (Å²) in [5.74, 6) is 2.72. The van der Waals surface area contributed by atoms with Gasteiger partial charge < -0.3 is 20.7 Å². The van der Waals surface area contributed by atoms with Crippen molar-refractivity contribution in [3.63, 3.8) is 0 Å². The molecule has 6 rings (SSSR count). The predicted octanol–water partition coefficient (Wildman–Crippen LogP) is 4.10. The molecule has 3 N–H and O–H groups in total. The smallest absolute Gasteiger partial charge is 0.309 e. The number of aromatic nitrogens is 5. The molecule has 0 saturated carbocycles. The highest BCUT2D eigenvalue weighted by molar-refractivity contribution is 5.72. The van der Waals surface area contributed by atoms with Gasteiger partial charge in [0, 0.05) is 49.3 Å². The largest absolute Gasteiger partial charge is 0.465 e. The Balaban J connectivity index is 0.994. The molecule has 2 fully saturated rings. The number of hydrogen-bond acceptors (Lipinski definition) is 11. The van der Waals surface area contributed by atoms with Crippen molar-refractivity contribution in [2.45, 2.75) is 26.3 Å². The second-order valence-corrected chi connectivity index (χ2v) is 10.8. The van der Waals surface area contributed by atoms with Crippen LogP contribution in [0, 0.1) is 18.8 Å². The van der Waals surface area contributed by atoms with Crippen molar-refractivity contribution in [2.24, 2.45) is 11.8 Å². The number of rotatable bonds is 10. The lowest BCUT2D eigenvalue weighted by molar-refractivity contribution is -0.152. The zero-order valence-electron chi connectivity index (χ0n) is 23.7. The maximum absolute atomic E-state index is 12.4. The molecule has 2 aliphatic heterocycles. The van der Waals surface area contributed by atoms with Crippen molar-refractivity contribution >= 4 is 29.2 Å². The molecular weight excluding hydrogens is 530 g/mol. The van der Waals surface area contributed by atoms with E-state index in [2.05, 4.69) is 57.9 Å². The van der Waals surface area contributed by atoms with E-state index in [9.17, 15) is 4.79 Å². The van der Waals surface area contributed by atoms with Gasteiger partial charge in [-0.05, 0) is 74.8 Å². The van der Waals surface area contributed by atoms with Gasteiger partial charge in [0.2, 0.25) is 5.95 Å². The van der Waals surface area contributed by atoms with E-state index in [4.69, 9.17) is 4.74 Å². The molecule has 0 aliphatic carbocycles. The summed E-state index contributed by atoms with van der Waals surface area (Å²) in [6.45, 7) is 7.04. The molecule has 0 bridgehead atoms. The standard InChI is InChI=1S/C31H35N9O2/c1-21-3-2-4-26(35-21)29-33-13-9-27(38-29)37-28-10-14-34-31(39-28)36-25-7-5-22(6-8-25)19-40-15-11-24(12-16-40)30(41)42-20-23-17-32-18-23/h2-10,13-14,23-24,32H,11-12,15-20H2,1H3,(H2,33,34,36,37,38,39). The number of esters is 1. The molecular formula is C31H35N9O2. The highest BCUT2D eigenvalue weighted by Gasteiger charge is 2.27. The Morgan fingerprint density at radius 1 is 0.929 bits per heavy atom. The van der Waals surface area contributed by atoms with E-state index < -0.39 is 0 Å². The van der Waals surface area contributed by atoms with Gasteiger partial charge in [-0.3, -0.25) is 9.69 Å². The van der Waals surface area contributed by atoms with Crippen molar-refractivity contribution in [3.8, 4) is 11.5 Å². The van der Waals surface area contributed by atoms with Crippen LogP contribution in [0.15, 0.2) is 67.0 Å². The van der Waals surface area contributed by atoms with Gasteiger partial charge in [0.1, 0.15) is 17.3 Å². The lowest BCUT2D eigenvalue weighted by Gasteiger charge is -2.32. The van der Waals surface area contributed by atoms with Gasteiger partial charge in [0.25, 0.3) is 0 Å². The first-order chi connectivity index (χ1) is 20.6. The number of anilines is 4. The first-order valence-electron chi connectivity index (χ1n) is 14.4. The van der Waals surface area contributed by atoms with E-state index in [0.29, 0.717) is 41.6 Å². The highest BCUT2D eigenvalue weighted by atomic mass is 16.5. The van der Waals surface area contributed by atoms with Crippen LogP contribution in [0.25, 0.3) is 11.5 Å². The number of pyridine rings is 1. The van der Waals surface area contributed by atoms with Gasteiger partial charge in [-0.2, -0.15) is 4.98 Å². The van der Waals surface area contributed by atoms with Gasteiger partial charge in [0.15, 0.2) is 5.82 Å². The Hall–Kier alpha value is -4.48.